The van der Waals surface area contributed by atoms with E-state index in [1.165, 1.54) is 12.2 Å². The third-order valence-corrected chi connectivity index (χ3v) is 1.44. The lowest BCUT2D eigenvalue weighted by Crippen LogP contribution is -2.06. The van der Waals surface area contributed by atoms with Gasteiger partial charge in [-0.3, -0.25) is 0 Å². The van der Waals surface area contributed by atoms with Crippen molar-refractivity contribution in [1.82, 2.24) is 0 Å². The van der Waals surface area contributed by atoms with Gasteiger partial charge >= 0.3 is 11.9 Å². The Labute approximate surface area is 93.6 Å². The van der Waals surface area contributed by atoms with E-state index in [1.54, 1.807) is 13.0 Å². The summed E-state index contributed by atoms with van der Waals surface area (Å²) in [7, 11) is 0. The number of carboxylic acids is 2. The van der Waals surface area contributed by atoms with Crippen molar-refractivity contribution >= 4 is 11.9 Å². The molecule has 5 heteroatoms. The molecule has 86 valence electrons. The Morgan fingerprint density at radius 3 is 2.12 bits per heavy atom. The predicted molar refractivity (Wildman–Crippen MR) is 58.5 cm³/mol. The molecule has 0 bridgehead atoms. The normalized spacial score (nSPS) is 10.5. The number of hydrogen-bond donors (Lipinski definition) is 2. The van der Waals surface area contributed by atoms with Crippen LogP contribution in [0.5, 0.6) is 0 Å². The van der Waals surface area contributed by atoms with Crippen LogP contribution < -0.4 is 0 Å². The SMILES string of the molecule is C=C(C(=O)O)C(C)C=CC(=O)O.C=CC#N. The van der Waals surface area contributed by atoms with E-state index in [0.29, 0.717) is 0 Å². The third-order valence-electron chi connectivity index (χ3n) is 1.44. The second-order valence-electron chi connectivity index (χ2n) is 2.65. The molecule has 0 saturated carbocycles. The van der Waals surface area contributed by atoms with E-state index in [1.807, 2.05) is 0 Å². The van der Waals surface area contributed by atoms with E-state index >= 15 is 0 Å². The van der Waals surface area contributed by atoms with Crippen molar-refractivity contribution in [2.24, 2.45) is 5.92 Å². The van der Waals surface area contributed by atoms with Crippen molar-refractivity contribution in [3.63, 3.8) is 0 Å². The number of carboxylic acid groups (broad SMARTS) is 2. The molecule has 0 spiro atoms. The van der Waals surface area contributed by atoms with Crippen LogP contribution in [0.2, 0.25) is 0 Å². The number of carbonyl (C=O) groups is 2. The van der Waals surface area contributed by atoms with E-state index in [0.717, 1.165) is 6.08 Å². The van der Waals surface area contributed by atoms with E-state index in [9.17, 15) is 9.59 Å². The fourth-order valence-corrected chi connectivity index (χ4v) is 0.538. The molecule has 0 saturated heterocycles. The lowest BCUT2D eigenvalue weighted by Gasteiger charge is -2.03. The molecule has 2 N–H and O–H groups in total. The zero-order valence-electron chi connectivity index (χ0n) is 8.88. The molecule has 0 radical (unpaired) electrons. The number of nitrogens with zero attached hydrogens (tertiary/aromatic N) is 1. The van der Waals surface area contributed by atoms with Gasteiger partial charge in [-0.05, 0) is 0 Å². The maximum absolute atomic E-state index is 10.3. The Kier molecular flexibility index (Phi) is 9.27. The molecule has 0 aliphatic carbocycles. The zero-order chi connectivity index (χ0) is 13.1. The summed E-state index contributed by atoms with van der Waals surface area (Å²) in [5, 5.41) is 24.2. The lowest BCUT2D eigenvalue weighted by molar-refractivity contribution is -0.133. The molecule has 0 aromatic carbocycles. The van der Waals surface area contributed by atoms with Gasteiger partial charge in [0.15, 0.2) is 0 Å². The molecular weight excluding hydrogens is 210 g/mol. The summed E-state index contributed by atoms with van der Waals surface area (Å²) in [4.78, 5) is 20.3. The van der Waals surface area contributed by atoms with Gasteiger partial charge in [0.2, 0.25) is 0 Å². The van der Waals surface area contributed by atoms with Crippen molar-refractivity contribution in [1.29, 1.82) is 5.26 Å². The maximum Gasteiger partial charge on any atom is 0.331 e. The molecule has 0 aliphatic rings. The van der Waals surface area contributed by atoms with Crippen LogP contribution in [0.4, 0.5) is 0 Å². The fourth-order valence-electron chi connectivity index (χ4n) is 0.538. The Balaban J connectivity index is 0. The van der Waals surface area contributed by atoms with Gasteiger partial charge in [-0.15, -0.1) is 0 Å². The molecule has 0 aromatic rings. The monoisotopic (exact) mass is 223 g/mol. The third kappa shape index (κ3) is 9.74. The van der Waals surface area contributed by atoms with E-state index < -0.39 is 17.9 Å². The van der Waals surface area contributed by atoms with Crippen molar-refractivity contribution < 1.29 is 19.8 Å². The van der Waals surface area contributed by atoms with Crippen molar-refractivity contribution in [3.05, 3.63) is 37.0 Å². The highest BCUT2D eigenvalue weighted by Crippen LogP contribution is 2.09. The van der Waals surface area contributed by atoms with Crippen LogP contribution in [-0.4, -0.2) is 22.2 Å². The van der Waals surface area contributed by atoms with Crippen LogP contribution in [0, 0.1) is 17.2 Å². The molecule has 0 heterocycles. The Hall–Kier alpha value is -2.35. The van der Waals surface area contributed by atoms with Gasteiger partial charge in [0, 0.05) is 23.6 Å². The average Bonchev–Trinajstić information content (AvgIpc) is 2.24. The summed E-state index contributed by atoms with van der Waals surface area (Å²) < 4.78 is 0. The van der Waals surface area contributed by atoms with Gasteiger partial charge < -0.3 is 10.2 Å². The molecule has 0 fully saturated rings. The number of aliphatic carboxylic acids is 2. The highest BCUT2D eigenvalue weighted by Gasteiger charge is 2.09. The number of nitriles is 1. The second kappa shape index (κ2) is 9.21. The van der Waals surface area contributed by atoms with Gasteiger partial charge in [-0.1, -0.05) is 26.2 Å². The molecule has 1 atom stereocenters. The largest absolute Gasteiger partial charge is 0.478 e. The van der Waals surface area contributed by atoms with Gasteiger partial charge in [-0.25, -0.2) is 9.59 Å². The van der Waals surface area contributed by atoms with E-state index in [-0.39, 0.29) is 5.57 Å². The summed E-state index contributed by atoms with van der Waals surface area (Å²) in [6.45, 7) is 7.97. The number of rotatable bonds is 4. The van der Waals surface area contributed by atoms with Gasteiger partial charge in [0.1, 0.15) is 0 Å². The number of allylic oxidation sites excluding steroid dienone is 2. The molecular formula is C11H13NO4. The molecule has 0 aromatic heterocycles. The number of hydrogen-bond acceptors (Lipinski definition) is 3. The van der Waals surface area contributed by atoms with Crippen LogP contribution >= 0.6 is 0 Å². The topological polar surface area (TPSA) is 98.4 Å². The first-order valence-electron chi connectivity index (χ1n) is 4.20. The summed E-state index contributed by atoms with van der Waals surface area (Å²) >= 11 is 0. The smallest absolute Gasteiger partial charge is 0.331 e. The molecule has 5 nitrogen and oxygen atoms in total. The Morgan fingerprint density at radius 1 is 1.44 bits per heavy atom. The predicted octanol–water partition coefficient (Wildman–Crippen LogP) is 1.60. The fraction of sp³-hybridized carbons (Fsp3) is 0.182. The van der Waals surface area contributed by atoms with Crippen LogP contribution in [-0.2, 0) is 9.59 Å². The van der Waals surface area contributed by atoms with Crippen LogP contribution in [0.15, 0.2) is 37.0 Å². The minimum Gasteiger partial charge on any atom is -0.478 e. The van der Waals surface area contributed by atoms with Crippen LogP contribution in [0.1, 0.15) is 6.92 Å². The van der Waals surface area contributed by atoms with Gasteiger partial charge in [0.05, 0.1) is 6.07 Å². The maximum atomic E-state index is 10.3. The van der Waals surface area contributed by atoms with Crippen molar-refractivity contribution in [2.75, 3.05) is 0 Å². The summed E-state index contributed by atoms with van der Waals surface area (Å²) in [5.74, 6) is -2.67. The molecule has 0 aliphatic heterocycles. The van der Waals surface area contributed by atoms with Gasteiger partial charge in [-0.2, -0.15) is 5.26 Å². The summed E-state index contributed by atoms with van der Waals surface area (Å²) in [6.07, 6.45) is 3.36. The summed E-state index contributed by atoms with van der Waals surface area (Å²) in [6, 6.07) is 1.69. The Bertz CT molecular complexity index is 349. The minimum absolute atomic E-state index is 0.0208. The van der Waals surface area contributed by atoms with Crippen molar-refractivity contribution in [3.8, 4) is 6.07 Å². The van der Waals surface area contributed by atoms with Crippen LogP contribution in [0.3, 0.4) is 0 Å². The standard InChI is InChI=1S/C8H10O4.C3H3N/c1-5(3-4-7(9)10)6(2)8(11)12;1-2-3-4/h3-5H,2H2,1H3,(H,9,10)(H,11,12);2H,1H2. The molecule has 0 amide bonds. The quantitative estimate of drug-likeness (QED) is 0.557. The van der Waals surface area contributed by atoms with Gasteiger partial charge in [0.25, 0.3) is 0 Å². The highest BCUT2D eigenvalue weighted by atomic mass is 16.4. The molecule has 0 rings (SSSR count). The molecule has 1 unspecified atom stereocenters. The van der Waals surface area contributed by atoms with E-state index in [4.69, 9.17) is 15.5 Å². The Morgan fingerprint density at radius 2 is 1.88 bits per heavy atom. The molecule has 16 heavy (non-hydrogen) atoms. The lowest BCUT2D eigenvalue weighted by atomic mass is 10.0. The second-order valence-corrected chi connectivity index (χ2v) is 2.65. The first kappa shape index (κ1) is 16.1. The highest BCUT2D eigenvalue weighted by molar-refractivity contribution is 5.87. The first-order valence-corrected chi connectivity index (χ1v) is 4.20. The summed E-state index contributed by atoms with van der Waals surface area (Å²) in [5.41, 5.74) is -0.0208. The minimum atomic E-state index is -1.11. The van der Waals surface area contributed by atoms with Crippen molar-refractivity contribution in [2.45, 2.75) is 6.92 Å². The zero-order valence-corrected chi connectivity index (χ0v) is 8.88. The van der Waals surface area contributed by atoms with E-state index in [2.05, 4.69) is 13.2 Å². The van der Waals surface area contributed by atoms with Crippen LogP contribution in [0.25, 0.3) is 0 Å². The average molecular weight is 223 g/mol. The first-order chi connectivity index (χ1) is 7.36.